The fraction of sp³-hybridized carbons (Fsp3) is 0.368. The minimum absolute atomic E-state index is 0.281. The van der Waals surface area contributed by atoms with Crippen LogP contribution in [0.15, 0.2) is 36.4 Å². The molecule has 0 aliphatic carbocycles. The zero-order chi connectivity index (χ0) is 15.4. The summed E-state index contributed by atoms with van der Waals surface area (Å²) in [5.41, 5.74) is 7.23. The van der Waals surface area contributed by atoms with E-state index in [1.807, 2.05) is 0 Å². The molecular formula is C19H22BrI. The maximum Gasteiger partial charge on any atom is 0.0650 e. The van der Waals surface area contributed by atoms with Crippen LogP contribution in [0.3, 0.4) is 0 Å². The van der Waals surface area contributed by atoms with Gasteiger partial charge < -0.3 is 0 Å². The number of hydrogen-bond donors (Lipinski definition) is 0. The average Bonchev–Trinajstić information content (AvgIpc) is 2.52. The average molecular weight is 457 g/mol. The molecule has 0 heterocycles. The molecule has 0 spiro atoms. The summed E-state index contributed by atoms with van der Waals surface area (Å²) in [6.45, 7) is 6.75. The number of alkyl halides is 1. The summed E-state index contributed by atoms with van der Waals surface area (Å²) in [5, 5.41) is 0. The quantitative estimate of drug-likeness (QED) is 0.357. The highest BCUT2D eigenvalue weighted by Crippen LogP contribution is 2.37. The van der Waals surface area contributed by atoms with Crippen molar-refractivity contribution < 1.29 is 0 Å². The first-order chi connectivity index (χ1) is 10.1. The van der Waals surface area contributed by atoms with Gasteiger partial charge in [0.15, 0.2) is 0 Å². The van der Waals surface area contributed by atoms with Crippen LogP contribution in [0.1, 0.15) is 53.4 Å². The van der Waals surface area contributed by atoms with Gasteiger partial charge >= 0.3 is 0 Å². The van der Waals surface area contributed by atoms with Crippen LogP contribution >= 0.6 is 38.5 Å². The van der Waals surface area contributed by atoms with Crippen molar-refractivity contribution in [2.45, 2.75) is 44.9 Å². The molecule has 2 heteroatoms. The van der Waals surface area contributed by atoms with E-state index < -0.39 is 0 Å². The predicted molar refractivity (Wildman–Crippen MR) is 105 cm³/mol. The minimum Gasteiger partial charge on any atom is -0.0786 e. The summed E-state index contributed by atoms with van der Waals surface area (Å²) in [7, 11) is 0. The molecule has 0 saturated carbocycles. The summed E-state index contributed by atoms with van der Waals surface area (Å²) >= 11 is 6.34. The first kappa shape index (κ1) is 17.0. The van der Waals surface area contributed by atoms with Crippen molar-refractivity contribution in [1.29, 1.82) is 0 Å². The van der Waals surface area contributed by atoms with E-state index in [0.29, 0.717) is 0 Å². The standard InChI is InChI=1S/C19H22BrI/c1-4-13-10-14(5-2)18(15(6-3)11-13)19(20)16-8-7-9-17(21)12-16/h7-12,19H,4-6H2,1-3H3. The maximum absolute atomic E-state index is 3.95. The van der Waals surface area contributed by atoms with Crippen LogP contribution in [-0.2, 0) is 19.3 Å². The number of aryl methyl sites for hydroxylation is 3. The Labute approximate surface area is 150 Å². The molecule has 2 aromatic rings. The SMILES string of the molecule is CCc1cc(CC)c(C(Br)c2cccc(I)c2)c(CC)c1. The van der Waals surface area contributed by atoms with E-state index in [2.05, 4.69) is 95.7 Å². The van der Waals surface area contributed by atoms with E-state index in [1.165, 1.54) is 31.4 Å². The van der Waals surface area contributed by atoms with Gasteiger partial charge in [-0.3, -0.25) is 0 Å². The van der Waals surface area contributed by atoms with Crippen LogP contribution in [0, 0.1) is 3.57 Å². The lowest BCUT2D eigenvalue weighted by Crippen LogP contribution is -2.05. The molecule has 1 unspecified atom stereocenters. The first-order valence-corrected chi connectivity index (χ1v) is 9.64. The monoisotopic (exact) mass is 456 g/mol. The van der Waals surface area contributed by atoms with Gasteiger partial charge in [0.05, 0.1) is 4.83 Å². The lowest BCUT2D eigenvalue weighted by molar-refractivity contribution is 0.974. The fourth-order valence-corrected chi connectivity index (χ4v) is 4.24. The highest BCUT2D eigenvalue weighted by molar-refractivity contribution is 14.1. The molecule has 0 nitrogen and oxygen atoms in total. The first-order valence-electron chi connectivity index (χ1n) is 7.64. The third-order valence-electron chi connectivity index (χ3n) is 3.98. The lowest BCUT2D eigenvalue weighted by atomic mass is 9.89. The van der Waals surface area contributed by atoms with Crippen LogP contribution in [-0.4, -0.2) is 0 Å². The summed E-state index contributed by atoms with van der Waals surface area (Å²) in [6, 6.07) is 13.5. The van der Waals surface area contributed by atoms with Crippen LogP contribution in [0.25, 0.3) is 0 Å². The Balaban J connectivity index is 2.55. The van der Waals surface area contributed by atoms with Crippen LogP contribution in [0.2, 0.25) is 0 Å². The highest BCUT2D eigenvalue weighted by atomic mass is 127. The van der Waals surface area contributed by atoms with Crippen molar-refractivity contribution in [3.05, 3.63) is 67.8 Å². The topological polar surface area (TPSA) is 0 Å². The summed E-state index contributed by atoms with van der Waals surface area (Å²) in [6.07, 6.45) is 3.28. The summed E-state index contributed by atoms with van der Waals surface area (Å²) < 4.78 is 1.29. The zero-order valence-corrected chi connectivity index (χ0v) is 16.7. The van der Waals surface area contributed by atoms with Crippen molar-refractivity contribution in [3.8, 4) is 0 Å². The molecule has 112 valence electrons. The molecule has 2 aromatic carbocycles. The van der Waals surface area contributed by atoms with Crippen molar-refractivity contribution in [2.24, 2.45) is 0 Å². The fourth-order valence-electron chi connectivity index (χ4n) is 2.80. The van der Waals surface area contributed by atoms with Gasteiger partial charge in [-0.05, 0) is 81.8 Å². The van der Waals surface area contributed by atoms with E-state index in [0.717, 1.165) is 19.3 Å². The highest BCUT2D eigenvalue weighted by Gasteiger charge is 2.18. The summed E-state index contributed by atoms with van der Waals surface area (Å²) in [4.78, 5) is 0.281. The molecule has 0 bridgehead atoms. The molecular weight excluding hydrogens is 435 g/mol. The Hall–Kier alpha value is -0.350. The molecule has 0 amide bonds. The van der Waals surface area contributed by atoms with Gasteiger partial charge in [0.2, 0.25) is 0 Å². The van der Waals surface area contributed by atoms with E-state index in [-0.39, 0.29) is 4.83 Å². The molecule has 0 fully saturated rings. The molecule has 0 saturated heterocycles. The number of hydrogen-bond acceptors (Lipinski definition) is 0. The van der Waals surface area contributed by atoms with Gasteiger partial charge in [-0.25, -0.2) is 0 Å². The molecule has 0 radical (unpaired) electrons. The van der Waals surface area contributed by atoms with Gasteiger partial charge in [-0.15, -0.1) is 0 Å². The van der Waals surface area contributed by atoms with Crippen LogP contribution in [0.4, 0.5) is 0 Å². The van der Waals surface area contributed by atoms with Gasteiger partial charge in [-0.1, -0.05) is 61.0 Å². The van der Waals surface area contributed by atoms with Gasteiger partial charge in [0.25, 0.3) is 0 Å². The third kappa shape index (κ3) is 3.89. The maximum atomic E-state index is 3.95. The normalized spacial score (nSPS) is 12.4. The third-order valence-corrected chi connectivity index (χ3v) is 5.63. The van der Waals surface area contributed by atoms with E-state index in [9.17, 15) is 0 Å². The summed E-state index contributed by atoms with van der Waals surface area (Å²) in [5.74, 6) is 0. The Morgan fingerprint density at radius 1 is 0.952 bits per heavy atom. The van der Waals surface area contributed by atoms with Gasteiger partial charge in [0, 0.05) is 3.57 Å². The second-order valence-electron chi connectivity index (χ2n) is 5.31. The van der Waals surface area contributed by atoms with Crippen LogP contribution in [0.5, 0.6) is 0 Å². The Kier molecular flexibility index (Phi) is 6.30. The molecule has 0 aromatic heterocycles. The molecule has 2 rings (SSSR count). The molecule has 0 N–H and O–H groups in total. The largest absolute Gasteiger partial charge is 0.0786 e. The second-order valence-corrected chi connectivity index (χ2v) is 7.47. The molecule has 0 aliphatic rings. The van der Waals surface area contributed by atoms with E-state index in [4.69, 9.17) is 0 Å². The lowest BCUT2D eigenvalue weighted by Gasteiger charge is -2.21. The predicted octanol–water partition coefficient (Wildman–Crippen LogP) is 6.46. The number of benzene rings is 2. The Morgan fingerprint density at radius 3 is 2.05 bits per heavy atom. The zero-order valence-electron chi connectivity index (χ0n) is 12.9. The second kappa shape index (κ2) is 7.77. The van der Waals surface area contributed by atoms with Crippen LogP contribution < -0.4 is 0 Å². The van der Waals surface area contributed by atoms with Gasteiger partial charge in [0.1, 0.15) is 0 Å². The van der Waals surface area contributed by atoms with Crippen molar-refractivity contribution in [1.82, 2.24) is 0 Å². The van der Waals surface area contributed by atoms with Crippen molar-refractivity contribution in [3.63, 3.8) is 0 Å². The number of halogens is 2. The molecule has 0 aliphatic heterocycles. The van der Waals surface area contributed by atoms with Gasteiger partial charge in [-0.2, -0.15) is 0 Å². The van der Waals surface area contributed by atoms with Crippen molar-refractivity contribution in [2.75, 3.05) is 0 Å². The minimum atomic E-state index is 0.281. The van der Waals surface area contributed by atoms with E-state index >= 15 is 0 Å². The smallest absolute Gasteiger partial charge is 0.0650 e. The Bertz CT molecular complexity index is 594. The Morgan fingerprint density at radius 2 is 1.57 bits per heavy atom. The number of rotatable bonds is 5. The van der Waals surface area contributed by atoms with Crippen molar-refractivity contribution >= 4 is 38.5 Å². The van der Waals surface area contributed by atoms with E-state index in [1.54, 1.807) is 0 Å². The molecule has 21 heavy (non-hydrogen) atoms. The molecule has 1 atom stereocenters.